The number of hydrogen-bond donors (Lipinski definition) is 2. The van der Waals surface area contributed by atoms with Gasteiger partial charge in [-0.05, 0) is 117 Å². The first-order valence-electron chi connectivity index (χ1n) is 19.3. The van der Waals surface area contributed by atoms with Crippen LogP contribution in [0, 0.1) is 5.82 Å². The Bertz CT molecular complexity index is 2680. The van der Waals surface area contributed by atoms with Crippen LogP contribution in [-0.2, 0) is 25.7 Å². The molecule has 0 fully saturated rings. The number of carboxylic acids is 2. The summed E-state index contributed by atoms with van der Waals surface area (Å²) in [6.07, 6.45) is 7.54. The average molecular weight is 776 g/mol. The van der Waals surface area contributed by atoms with Crippen molar-refractivity contribution in [3.63, 3.8) is 0 Å². The van der Waals surface area contributed by atoms with Crippen LogP contribution >= 0.6 is 0 Å². The van der Waals surface area contributed by atoms with Gasteiger partial charge in [-0.3, -0.25) is 4.98 Å². The highest BCUT2D eigenvalue weighted by Gasteiger charge is 2.18. The van der Waals surface area contributed by atoms with Gasteiger partial charge in [0, 0.05) is 29.7 Å². The van der Waals surface area contributed by atoms with Crippen molar-refractivity contribution in [2.45, 2.75) is 25.7 Å². The molecule has 0 spiro atoms. The van der Waals surface area contributed by atoms with Crippen LogP contribution in [0.1, 0.15) is 43.2 Å². The number of carbonyl (C=O) groups is 2. The number of aryl methyl sites for hydroxylation is 4. The lowest BCUT2D eigenvalue weighted by molar-refractivity contribution is 0.0680. The highest BCUT2D eigenvalue weighted by atomic mass is 19.1. The molecule has 0 radical (unpaired) electrons. The number of nitrogens with zero attached hydrogens (tertiary/aromatic N) is 3. The van der Waals surface area contributed by atoms with Crippen molar-refractivity contribution >= 4 is 11.9 Å². The number of halogens is 1. The molecule has 59 heavy (non-hydrogen) atoms. The van der Waals surface area contributed by atoms with E-state index in [0.29, 0.717) is 31.2 Å². The first kappa shape index (κ1) is 38.3. The van der Waals surface area contributed by atoms with Gasteiger partial charge in [-0.2, -0.15) is 0 Å². The van der Waals surface area contributed by atoms with E-state index in [1.54, 1.807) is 30.6 Å². The Kier molecular flexibility index (Phi) is 11.2. The zero-order chi connectivity index (χ0) is 40.7. The second-order valence-electron chi connectivity index (χ2n) is 14.4. The molecule has 0 unspecified atom stereocenters. The SMILES string of the molecule is O=C(O)c1ccc(CCc2cc(CCc3ccc(C(=O)O)nc3)cc(-c3cc(F)ccc3-c3cnc(-c4ccccc4)cc3-c3ccc(-c4ccccc4)cc3)c2)cn1. The fourth-order valence-electron chi connectivity index (χ4n) is 7.32. The lowest BCUT2D eigenvalue weighted by Crippen LogP contribution is -2.02. The smallest absolute Gasteiger partial charge is 0.354 e. The van der Waals surface area contributed by atoms with E-state index in [1.807, 2.05) is 60.8 Å². The Hall–Kier alpha value is -7.58. The number of rotatable bonds is 13. The van der Waals surface area contributed by atoms with Gasteiger partial charge in [-0.1, -0.05) is 121 Å². The summed E-state index contributed by atoms with van der Waals surface area (Å²) in [6, 6.07) is 48.6. The number of hydrogen-bond acceptors (Lipinski definition) is 5. The predicted molar refractivity (Wildman–Crippen MR) is 229 cm³/mol. The normalized spacial score (nSPS) is 11.0. The quantitative estimate of drug-likeness (QED) is 0.120. The molecule has 3 heterocycles. The van der Waals surface area contributed by atoms with Crippen LogP contribution in [0.4, 0.5) is 4.39 Å². The van der Waals surface area contributed by atoms with Crippen LogP contribution in [0.25, 0.3) is 55.8 Å². The largest absolute Gasteiger partial charge is 0.477 e. The van der Waals surface area contributed by atoms with E-state index in [0.717, 1.165) is 72.5 Å². The van der Waals surface area contributed by atoms with E-state index < -0.39 is 11.9 Å². The van der Waals surface area contributed by atoms with Crippen molar-refractivity contribution in [3.05, 3.63) is 210 Å². The summed E-state index contributed by atoms with van der Waals surface area (Å²) in [5.74, 6) is -2.53. The highest BCUT2D eigenvalue weighted by molar-refractivity contribution is 5.93. The molecular formula is C51H38FN3O4. The number of benzene rings is 5. The molecule has 0 aliphatic carbocycles. The minimum atomic E-state index is -1.08. The standard InChI is InChI=1S/C51H38FN3O4/c52-42-21-22-43(46-32-55-49(40-9-5-2-6-10-40)29-45(46)39-19-17-38(18-20-39)37-7-3-1-4-8-37)44(28-42)41-26-35(13-11-33-15-23-47(50(56)57)53-30-33)25-36(27-41)14-12-34-16-24-48(51(58)59)54-31-34/h1-10,15-32H,11-14H2,(H,56,57)(H,58,59). The van der Waals surface area contributed by atoms with Gasteiger partial charge in [0.2, 0.25) is 0 Å². The van der Waals surface area contributed by atoms with Gasteiger partial charge >= 0.3 is 11.9 Å². The fraction of sp³-hybridized carbons (Fsp3) is 0.0784. The van der Waals surface area contributed by atoms with Crippen LogP contribution in [0.3, 0.4) is 0 Å². The predicted octanol–water partition coefficient (Wildman–Crippen LogP) is 11.3. The molecule has 288 valence electrons. The number of carboxylic acid groups (broad SMARTS) is 2. The summed E-state index contributed by atoms with van der Waals surface area (Å²) >= 11 is 0. The van der Waals surface area contributed by atoms with E-state index in [9.17, 15) is 19.8 Å². The molecular weight excluding hydrogens is 738 g/mol. The number of aromatic carboxylic acids is 2. The maximum Gasteiger partial charge on any atom is 0.354 e. The maximum atomic E-state index is 15.5. The van der Waals surface area contributed by atoms with Crippen molar-refractivity contribution in [1.29, 1.82) is 0 Å². The molecule has 0 aliphatic heterocycles. The Labute approximate surface area is 341 Å². The summed E-state index contributed by atoms with van der Waals surface area (Å²) in [5.41, 5.74) is 13.0. The van der Waals surface area contributed by atoms with E-state index in [1.165, 1.54) is 18.2 Å². The Morgan fingerprint density at radius 3 is 1.46 bits per heavy atom. The second kappa shape index (κ2) is 17.3. The number of aromatic nitrogens is 3. The van der Waals surface area contributed by atoms with E-state index in [2.05, 4.69) is 70.6 Å². The lowest BCUT2D eigenvalue weighted by atomic mass is 9.87. The number of pyridine rings is 3. The third-order valence-electron chi connectivity index (χ3n) is 10.4. The molecule has 8 rings (SSSR count). The third-order valence-corrected chi connectivity index (χ3v) is 10.4. The van der Waals surface area contributed by atoms with Gasteiger partial charge in [-0.15, -0.1) is 0 Å². The van der Waals surface area contributed by atoms with Gasteiger partial charge in [0.1, 0.15) is 17.2 Å². The molecule has 0 saturated carbocycles. The Balaban J connectivity index is 1.21. The molecule has 7 nitrogen and oxygen atoms in total. The zero-order valence-corrected chi connectivity index (χ0v) is 31.9. The van der Waals surface area contributed by atoms with Gasteiger partial charge in [0.15, 0.2) is 0 Å². The van der Waals surface area contributed by atoms with Crippen LogP contribution in [0.5, 0.6) is 0 Å². The minimum absolute atomic E-state index is 0.0136. The lowest BCUT2D eigenvalue weighted by Gasteiger charge is -2.18. The van der Waals surface area contributed by atoms with Crippen molar-refractivity contribution < 1.29 is 24.2 Å². The monoisotopic (exact) mass is 775 g/mol. The fourth-order valence-corrected chi connectivity index (χ4v) is 7.32. The van der Waals surface area contributed by atoms with Crippen molar-refractivity contribution in [2.24, 2.45) is 0 Å². The Morgan fingerprint density at radius 1 is 0.407 bits per heavy atom. The second-order valence-corrected chi connectivity index (χ2v) is 14.4. The van der Waals surface area contributed by atoms with Crippen LogP contribution in [0.2, 0.25) is 0 Å². The highest BCUT2D eigenvalue weighted by Crippen LogP contribution is 2.41. The maximum absolute atomic E-state index is 15.5. The molecule has 0 saturated heterocycles. The van der Waals surface area contributed by atoms with Gasteiger partial charge < -0.3 is 10.2 Å². The summed E-state index contributed by atoms with van der Waals surface area (Å²) in [5, 5.41) is 18.7. The first-order chi connectivity index (χ1) is 28.8. The molecule has 0 bridgehead atoms. The van der Waals surface area contributed by atoms with E-state index in [-0.39, 0.29) is 17.2 Å². The van der Waals surface area contributed by atoms with Crippen LogP contribution in [-0.4, -0.2) is 37.1 Å². The van der Waals surface area contributed by atoms with Gasteiger partial charge in [-0.25, -0.2) is 23.9 Å². The molecule has 5 aromatic carbocycles. The van der Waals surface area contributed by atoms with Crippen LogP contribution < -0.4 is 0 Å². The molecule has 0 amide bonds. The van der Waals surface area contributed by atoms with E-state index in [4.69, 9.17) is 4.98 Å². The first-order valence-corrected chi connectivity index (χ1v) is 19.3. The topological polar surface area (TPSA) is 113 Å². The third kappa shape index (κ3) is 9.03. The zero-order valence-electron chi connectivity index (χ0n) is 31.9. The molecule has 8 aromatic rings. The van der Waals surface area contributed by atoms with Crippen molar-refractivity contribution in [2.75, 3.05) is 0 Å². The molecule has 0 aliphatic rings. The van der Waals surface area contributed by atoms with Crippen molar-refractivity contribution in [1.82, 2.24) is 15.0 Å². The van der Waals surface area contributed by atoms with Gasteiger partial charge in [0.25, 0.3) is 0 Å². The van der Waals surface area contributed by atoms with Gasteiger partial charge in [0.05, 0.1) is 5.69 Å². The van der Waals surface area contributed by atoms with Crippen LogP contribution in [0.15, 0.2) is 170 Å². The molecule has 3 aromatic heterocycles. The molecule has 8 heteroatoms. The van der Waals surface area contributed by atoms with E-state index >= 15 is 4.39 Å². The summed E-state index contributed by atoms with van der Waals surface area (Å²) in [7, 11) is 0. The average Bonchev–Trinajstić information content (AvgIpc) is 3.28. The molecule has 0 atom stereocenters. The van der Waals surface area contributed by atoms with Crippen molar-refractivity contribution in [3.8, 4) is 55.8 Å². The minimum Gasteiger partial charge on any atom is -0.477 e. The molecule has 2 N–H and O–H groups in total. The summed E-state index contributed by atoms with van der Waals surface area (Å²) in [4.78, 5) is 35.9. The summed E-state index contributed by atoms with van der Waals surface area (Å²) < 4.78 is 15.5. The Morgan fingerprint density at radius 2 is 0.915 bits per heavy atom. The summed E-state index contributed by atoms with van der Waals surface area (Å²) in [6.45, 7) is 0.